The molecule has 1 heterocycles. The molecule has 1 saturated heterocycles. The number of hydrogen-bond donors (Lipinski definition) is 2. The maximum Gasteiger partial charge on any atom is 0.220 e. The van der Waals surface area contributed by atoms with Gasteiger partial charge in [-0.3, -0.25) is 4.79 Å². The molecule has 1 amide bonds. The van der Waals surface area contributed by atoms with Gasteiger partial charge in [0.05, 0.1) is 6.61 Å². The quantitative estimate of drug-likeness (QED) is 0.720. The lowest BCUT2D eigenvalue weighted by Crippen LogP contribution is -2.47. The van der Waals surface area contributed by atoms with Crippen molar-refractivity contribution in [3.63, 3.8) is 0 Å². The molecule has 1 saturated carbocycles. The van der Waals surface area contributed by atoms with Crippen LogP contribution in [-0.2, 0) is 9.53 Å². The summed E-state index contributed by atoms with van der Waals surface area (Å²) in [5.41, 5.74) is 0.148. The van der Waals surface area contributed by atoms with Crippen LogP contribution < -0.4 is 10.6 Å². The third-order valence-corrected chi connectivity index (χ3v) is 4.25. The molecule has 0 aromatic carbocycles. The Kier molecular flexibility index (Phi) is 5.01. The van der Waals surface area contributed by atoms with E-state index in [1.54, 1.807) is 7.11 Å². The zero-order chi connectivity index (χ0) is 12.8. The van der Waals surface area contributed by atoms with Crippen LogP contribution in [0.5, 0.6) is 0 Å². The van der Waals surface area contributed by atoms with E-state index in [1.807, 2.05) is 0 Å². The minimum atomic E-state index is 0.148. The minimum Gasteiger partial charge on any atom is -0.384 e. The maximum absolute atomic E-state index is 11.8. The summed E-state index contributed by atoms with van der Waals surface area (Å²) in [4.78, 5) is 11.8. The molecule has 0 radical (unpaired) electrons. The van der Waals surface area contributed by atoms with E-state index in [9.17, 15) is 4.79 Å². The molecule has 0 bridgehead atoms. The predicted molar refractivity (Wildman–Crippen MR) is 71.4 cm³/mol. The molecule has 2 rings (SSSR count). The van der Waals surface area contributed by atoms with Crippen LogP contribution in [0.25, 0.3) is 0 Å². The second-order valence-corrected chi connectivity index (χ2v) is 5.94. The molecule has 104 valence electrons. The molecule has 2 N–H and O–H groups in total. The number of nitrogens with one attached hydrogen (secondary N) is 2. The zero-order valence-electron chi connectivity index (χ0n) is 11.5. The first kappa shape index (κ1) is 13.8. The van der Waals surface area contributed by atoms with Crippen molar-refractivity contribution in [2.75, 3.05) is 33.4 Å². The molecular formula is C14H26N2O2. The van der Waals surface area contributed by atoms with Crippen LogP contribution in [0.4, 0.5) is 0 Å². The molecule has 0 aromatic heterocycles. The smallest absolute Gasteiger partial charge is 0.220 e. The third kappa shape index (κ3) is 4.25. The van der Waals surface area contributed by atoms with Gasteiger partial charge in [0.25, 0.3) is 0 Å². The second-order valence-electron chi connectivity index (χ2n) is 5.94. The Labute approximate surface area is 110 Å². The van der Waals surface area contributed by atoms with Crippen molar-refractivity contribution in [3.8, 4) is 0 Å². The highest BCUT2D eigenvalue weighted by Crippen LogP contribution is 2.33. The lowest BCUT2D eigenvalue weighted by atomic mass is 9.79. The Balaban J connectivity index is 1.71. The molecule has 0 aromatic rings. The Morgan fingerprint density at radius 1 is 1.39 bits per heavy atom. The van der Waals surface area contributed by atoms with Crippen molar-refractivity contribution >= 4 is 5.91 Å². The normalized spacial score (nSPS) is 22.7. The van der Waals surface area contributed by atoms with Gasteiger partial charge in [0.1, 0.15) is 0 Å². The summed E-state index contributed by atoms with van der Waals surface area (Å²) in [5, 5.41) is 6.48. The largest absolute Gasteiger partial charge is 0.384 e. The van der Waals surface area contributed by atoms with E-state index in [2.05, 4.69) is 10.6 Å². The van der Waals surface area contributed by atoms with Crippen LogP contribution in [0, 0.1) is 11.3 Å². The minimum absolute atomic E-state index is 0.148. The van der Waals surface area contributed by atoms with Crippen LogP contribution in [0.1, 0.15) is 38.5 Å². The monoisotopic (exact) mass is 254 g/mol. The molecule has 2 fully saturated rings. The molecule has 18 heavy (non-hydrogen) atoms. The molecular weight excluding hydrogens is 228 g/mol. The van der Waals surface area contributed by atoms with E-state index in [-0.39, 0.29) is 11.3 Å². The van der Waals surface area contributed by atoms with Gasteiger partial charge >= 0.3 is 0 Å². The number of rotatable bonds is 7. The summed E-state index contributed by atoms with van der Waals surface area (Å²) in [6.07, 6.45) is 6.60. The lowest BCUT2D eigenvalue weighted by molar-refractivity contribution is -0.122. The molecule has 1 aliphatic heterocycles. The SMILES string of the molecule is COCC1(CNC(=O)CCC2CC2)CCNCC1. The van der Waals surface area contributed by atoms with Gasteiger partial charge in [-0.25, -0.2) is 0 Å². The fourth-order valence-corrected chi connectivity index (χ4v) is 2.75. The van der Waals surface area contributed by atoms with Crippen molar-refractivity contribution in [1.82, 2.24) is 10.6 Å². The van der Waals surface area contributed by atoms with Crippen molar-refractivity contribution < 1.29 is 9.53 Å². The highest BCUT2D eigenvalue weighted by Gasteiger charge is 2.32. The van der Waals surface area contributed by atoms with Crippen LogP contribution in [0.2, 0.25) is 0 Å². The lowest BCUT2D eigenvalue weighted by Gasteiger charge is -2.37. The van der Waals surface area contributed by atoms with Gasteiger partial charge in [0, 0.05) is 25.5 Å². The molecule has 0 unspecified atom stereocenters. The fourth-order valence-electron chi connectivity index (χ4n) is 2.75. The first-order valence-electron chi connectivity index (χ1n) is 7.20. The predicted octanol–water partition coefficient (Wildman–Crippen LogP) is 1.31. The highest BCUT2D eigenvalue weighted by molar-refractivity contribution is 5.75. The molecule has 0 spiro atoms. The number of amides is 1. The highest BCUT2D eigenvalue weighted by atomic mass is 16.5. The van der Waals surface area contributed by atoms with Crippen molar-refractivity contribution in [2.24, 2.45) is 11.3 Å². The van der Waals surface area contributed by atoms with Gasteiger partial charge in [-0.15, -0.1) is 0 Å². The summed E-state index contributed by atoms with van der Waals surface area (Å²) in [7, 11) is 1.75. The van der Waals surface area contributed by atoms with E-state index in [0.29, 0.717) is 6.42 Å². The maximum atomic E-state index is 11.8. The van der Waals surface area contributed by atoms with Gasteiger partial charge in [-0.2, -0.15) is 0 Å². The van der Waals surface area contributed by atoms with Crippen LogP contribution >= 0.6 is 0 Å². The summed E-state index contributed by atoms with van der Waals surface area (Å²) in [6.45, 7) is 3.58. The van der Waals surface area contributed by atoms with Crippen LogP contribution in [0.15, 0.2) is 0 Å². The number of carbonyl (C=O) groups excluding carboxylic acids is 1. The standard InChI is InChI=1S/C14H26N2O2/c1-18-11-14(6-8-15-9-7-14)10-16-13(17)5-4-12-2-3-12/h12,15H,2-11H2,1H3,(H,16,17). The Morgan fingerprint density at radius 3 is 2.72 bits per heavy atom. The third-order valence-electron chi connectivity index (χ3n) is 4.25. The van der Waals surface area contributed by atoms with Crippen LogP contribution in [0.3, 0.4) is 0 Å². The summed E-state index contributed by atoms with van der Waals surface area (Å²) < 4.78 is 5.35. The van der Waals surface area contributed by atoms with Gasteiger partial charge < -0.3 is 15.4 Å². The zero-order valence-corrected chi connectivity index (χ0v) is 11.5. The van der Waals surface area contributed by atoms with Crippen molar-refractivity contribution in [1.29, 1.82) is 0 Å². The number of piperidine rings is 1. The average molecular weight is 254 g/mol. The number of ether oxygens (including phenoxy) is 1. The Hall–Kier alpha value is -0.610. The number of methoxy groups -OCH3 is 1. The first-order valence-corrected chi connectivity index (χ1v) is 7.20. The van der Waals surface area contributed by atoms with Crippen molar-refractivity contribution in [3.05, 3.63) is 0 Å². The second kappa shape index (κ2) is 6.53. The van der Waals surface area contributed by atoms with E-state index >= 15 is 0 Å². The first-order chi connectivity index (χ1) is 8.74. The van der Waals surface area contributed by atoms with E-state index in [0.717, 1.165) is 51.4 Å². The molecule has 0 atom stereocenters. The number of carbonyl (C=O) groups is 1. The Bertz CT molecular complexity index is 265. The fraction of sp³-hybridized carbons (Fsp3) is 0.929. The van der Waals surface area contributed by atoms with E-state index in [4.69, 9.17) is 4.74 Å². The summed E-state index contributed by atoms with van der Waals surface area (Å²) in [6, 6.07) is 0. The summed E-state index contributed by atoms with van der Waals surface area (Å²) in [5.74, 6) is 1.05. The molecule has 4 heteroatoms. The number of hydrogen-bond acceptors (Lipinski definition) is 3. The van der Waals surface area contributed by atoms with E-state index in [1.165, 1.54) is 12.8 Å². The van der Waals surface area contributed by atoms with Gasteiger partial charge in [0.15, 0.2) is 0 Å². The molecule has 4 nitrogen and oxygen atoms in total. The average Bonchev–Trinajstić information content (AvgIpc) is 3.20. The van der Waals surface area contributed by atoms with Gasteiger partial charge in [-0.1, -0.05) is 12.8 Å². The van der Waals surface area contributed by atoms with E-state index < -0.39 is 0 Å². The molecule has 1 aliphatic carbocycles. The molecule has 2 aliphatic rings. The van der Waals surface area contributed by atoms with Gasteiger partial charge in [0.2, 0.25) is 5.91 Å². The van der Waals surface area contributed by atoms with Crippen LogP contribution in [-0.4, -0.2) is 39.3 Å². The summed E-state index contributed by atoms with van der Waals surface area (Å²) >= 11 is 0. The van der Waals surface area contributed by atoms with Crippen molar-refractivity contribution in [2.45, 2.75) is 38.5 Å². The van der Waals surface area contributed by atoms with Gasteiger partial charge in [-0.05, 0) is 38.3 Å². The Morgan fingerprint density at radius 2 is 2.11 bits per heavy atom. The topological polar surface area (TPSA) is 50.4 Å².